The predicted molar refractivity (Wildman–Crippen MR) is 90.9 cm³/mol. The van der Waals surface area contributed by atoms with Gasteiger partial charge in [-0.3, -0.25) is 9.69 Å². The number of carboxylic acids is 1. The second-order valence-electron chi connectivity index (χ2n) is 6.19. The average molecular weight is 360 g/mol. The van der Waals surface area contributed by atoms with Crippen LogP contribution in [0.3, 0.4) is 0 Å². The highest BCUT2D eigenvalue weighted by molar-refractivity contribution is 5.94. The average Bonchev–Trinajstić information content (AvgIpc) is 2.62. The summed E-state index contributed by atoms with van der Waals surface area (Å²) in [5.41, 5.74) is 1.11. The van der Waals surface area contributed by atoms with Gasteiger partial charge in [-0.25, -0.2) is 13.6 Å². The van der Waals surface area contributed by atoms with Gasteiger partial charge in [0.15, 0.2) is 0 Å². The van der Waals surface area contributed by atoms with Gasteiger partial charge in [0.1, 0.15) is 11.6 Å². The van der Waals surface area contributed by atoms with E-state index < -0.39 is 23.5 Å². The predicted octanol–water partition coefficient (Wildman–Crippen LogP) is 2.62. The Morgan fingerprint density at radius 1 is 0.962 bits per heavy atom. The Hall–Kier alpha value is -2.80. The summed E-state index contributed by atoms with van der Waals surface area (Å²) in [7, 11) is 0. The molecule has 0 unspecified atom stereocenters. The van der Waals surface area contributed by atoms with Gasteiger partial charge >= 0.3 is 5.97 Å². The minimum Gasteiger partial charge on any atom is -0.478 e. The molecule has 2 aromatic rings. The number of rotatable bonds is 4. The van der Waals surface area contributed by atoms with Crippen LogP contribution in [0.1, 0.15) is 26.3 Å². The van der Waals surface area contributed by atoms with Crippen LogP contribution in [0, 0.1) is 11.6 Å². The fourth-order valence-corrected chi connectivity index (χ4v) is 2.95. The summed E-state index contributed by atoms with van der Waals surface area (Å²) in [5, 5.41) is 8.91. The number of carboxylic acid groups (broad SMARTS) is 1. The van der Waals surface area contributed by atoms with E-state index in [2.05, 4.69) is 4.90 Å². The van der Waals surface area contributed by atoms with Crippen molar-refractivity contribution in [3.63, 3.8) is 0 Å². The quantitative estimate of drug-likeness (QED) is 0.911. The number of carbonyl (C=O) groups is 2. The van der Waals surface area contributed by atoms with E-state index in [4.69, 9.17) is 5.11 Å². The fourth-order valence-electron chi connectivity index (χ4n) is 2.95. The van der Waals surface area contributed by atoms with Crippen molar-refractivity contribution in [3.8, 4) is 0 Å². The molecule has 0 spiro atoms. The molecule has 1 heterocycles. The number of aromatic carboxylic acids is 1. The molecule has 2 aromatic carbocycles. The molecule has 1 aliphatic rings. The van der Waals surface area contributed by atoms with Gasteiger partial charge in [-0.15, -0.1) is 0 Å². The van der Waals surface area contributed by atoms with Crippen LogP contribution in [0.2, 0.25) is 0 Å². The first kappa shape index (κ1) is 18.0. The fraction of sp³-hybridized carbons (Fsp3) is 0.263. The third kappa shape index (κ3) is 4.05. The molecule has 1 N–H and O–H groups in total. The molecule has 1 fully saturated rings. The molecule has 26 heavy (non-hydrogen) atoms. The Morgan fingerprint density at radius 2 is 1.62 bits per heavy atom. The SMILES string of the molecule is O=C(O)c1ccc(CN2CCN(C(=O)c3ccc(F)cc3F)CC2)cc1. The van der Waals surface area contributed by atoms with Crippen molar-refractivity contribution in [1.82, 2.24) is 9.80 Å². The minimum atomic E-state index is -0.961. The first-order chi connectivity index (χ1) is 12.4. The summed E-state index contributed by atoms with van der Waals surface area (Å²) in [5.74, 6) is -2.96. The molecule has 136 valence electrons. The summed E-state index contributed by atoms with van der Waals surface area (Å²) < 4.78 is 26.7. The van der Waals surface area contributed by atoms with Crippen molar-refractivity contribution in [1.29, 1.82) is 0 Å². The van der Waals surface area contributed by atoms with E-state index in [9.17, 15) is 18.4 Å². The zero-order valence-electron chi connectivity index (χ0n) is 14.0. The molecule has 0 bridgehead atoms. The molecule has 3 rings (SSSR count). The first-order valence-corrected chi connectivity index (χ1v) is 8.23. The number of benzene rings is 2. The maximum atomic E-state index is 13.8. The lowest BCUT2D eigenvalue weighted by Gasteiger charge is -2.34. The number of nitrogens with zero attached hydrogens (tertiary/aromatic N) is 2. The molecule has 0 aromatic heterocycles. The van der Waals surface area contributed by atoms with E-state index in [0.717, 1.165) is 11.6 Å². The van der Waals surface area contributed by atoms with Gasteiger partial charge < -0.3 is 10.0 Å². The summed E-state index contributed by atoms with van der Waals surface area (Å²) in [6, 6.07) is 9.63. The third-order valence-corrected chi connectivity index (χ3v) is 4.43. The van der Waals surface area contributed by atoms with E-state index in [1.54, 1.807) is 29.2 Å². The normalized spacial score (nSPS) is 15.1. The van der Waals surface area contributed by atoms with Gasteiger partial charge in [-0.1, -0.05) is 12.1 Å². The largest absolute Gasteiger partial charge is 0.478 e. The van der Waals surface area contributed by atoms with Gasteiger partial charge in [0.05, 0.1) is 11.1 Å². The second kappa shape index (κ2) is 7.61. The topological polar surface area (TPSA) is 60.9 Å². The summed E-state index contributed by atoms with van der Waals surface area (Å²) >= 11 is 0. The maximum Gasteiger partial charge on any atom is 0.335 e. The van der Waals surface area contributed by atoms with Gasteiger partial charge in [0.25, 0.3) is 5.91 Å². The molecule has 0 atom stereocenters. The van der Waals surface area contributed by atoms with Crippen molar-refractivity contribution in [2.24, 2.45) is 0 Å². The number of amides is 1. The number of piperazine rings is 1. The summed E-state index contributed by atoms with van der Waals surface area (Å²) in [4.78, 5) is 26.9. The molecule has 0 aliphatic carbocycles. The molecule has 0 radical (unpaired) electrons. The van der Waals surface area contributed by atoms with E-state index in [1.807, 2.05) is 0 Å². The van der Waals surface area contributed by atoms with Crippen molar-refractivity contribution in [3.05, 3.63) is 70.8 Å². The smallest absolute Gasteiger partial charge is 0.335 e. The number of hydrogen-bond donors (Lipinski definition) is 1. The summed E-state index contributed by atoms with van der Waals surface area (Å²) in [6.45, 7) is 2.78. The highest BCUT2D eigenvalue weighted by atomic mass is 19.1. The zero-order valence-corrected chi connectivity index (χ0v) is 14.0. The van der Waals surface area contributed by atoms with Crippen LogP contribution < -0.4 is 0 Å². The Kier molecular flexibility index (Phi) is 5.27. The molecule has 1 saturated heterocycles. The Labute approximate surface area is 149 Å². The lowest BCUT2D eigenvalue weighted by atomic mass is 10.1. The van der Waals surface area contributed by atoms with Crippen LogP contribution in [0.15, 0.2) is 42.5 Å². The molecule has 7 heteroatoms. The molecule has 1 amide bonds. The second-order valence-corrected chi connectivity index (χ2v) is 6.19. The minimum absolute atomic E-state index is 0.121. The number of hydrogen-bond acceptors (Lipinski definition) is 3. The van der Waals surface area contributed by atoms with Crippen molar-refractivity contribution in [2.45, 2.75) is 6.54 Å². The van der Waals surface area contributed by atoms with E-state index >= 15 is 0 Å². The van der Waals surface area contributed by atoms with Crippen LogP contribution in [0.4, 0.5) is 8.78 Å². The highest BCUT2D eigenvalue weighted by Crippen LogP contribution is 2.15. The van der Waals surface area contributed by atoms with E-state index in [1.165, 1.54) is 6.07 Å². The van der Waals surface area contributed by atoms with Crippen LogP contribution in [0.25, 0.3) is 0 Å². The van der Waals surface area contributed by atoms with Crippen LogP contribution >= 0.6 is 0 Å². The van der Waals surface area contributed by atoms with Crippen LogP contribution in [-0.2, 0) is 6.54 Å². The lowest BCUT2D eigenvalue weighted by Crippen LogP contribution is -2.48. The van der Waals surface area contributed by atoms with Gasteiger partial charge in [0, 0.05) is 38.8 Å². The monoisotopic (exact) mass is 360 g/mol. The molecular weight excluding hydrogens is 342 g/mol. The summed E-state index contributed by atoms with van der Waals surface area (Å²) in [6.07, 6.45) is 0. The molecule has 5 nitrogen and oxygen atoms in total. The van der Waals surface area contributed by atoms with E-state index in [0.29, 0.717) is 38.8 Å². The number of halogens is 2. The van der Waals surface area contributed by atoms with Crippen molar-refractivity contribution >= 4 is 11.9 Å². The standard InChI is InChI=1S/C19H18F2N2O3/c20-15-5-6-16(17(21)11-15)18(24)23-9-7-22(8-10-23)12-13-1-3-14(4-2-13)19(25)26/h1-6,11H,7-10,12H2,(H,25,26). The van der Waals surface area contributed by atoms with Crippen molar-refractivity contribution in [2.75, 3.05) is 26.2 Å². The van der Waals surface area contributed by atoms with Crippen LogP contribution in [-0.4, -0.2) is 53.0 Å². The first-order valence-electron chi connectivity index (χ1n) is 8.23. The van der Waals surface area contributed by atoms with Gasteiger partial charge in [-0.05, 0) is 29.8 Å². The Balaban J connectivity index is 1.57. The molecular formula is C19H18F2N2O3. The Bertz CT molecular complexity index is 816. The van der Waals surface area contributed by atoms with Crippen LogP contribution in [0.5, 0.6) is 0 Å². The van der Waals surface area contributed by atoms with Gasteiger partial charge in [0.2, 0.25) is 0 Å². The van der Waals surface area contributed by atoms with Gasteiger partial charge in [-0.2, -0.15) is 0 Å². The maximum absolute atomic E-state index is 13.8. The highest BCUT2D eigenvalue weighted by Gasteiger charge is 2.24. The zero-order chi connectivity index (χ0) is 18.7. The van der Waals surface area contributed by atoms with E-state index in [-0.39, 0.29) is 11.1 Å². The number of carbonyl (C=O) groups excluding carboxylic acids is 1. The molecule has 0 saturated carbocycles. The third-order valence-electron chi connectivity index (χ3n) is 4.43. The van der Waals surface area contributed by atoms with Crippen molar-refractivity contribution < 1.29 is 23.5 Å². The lowest BCUT2D eigenvalue weighted by molar-refractivity contribution is 0.0623. The molecule has 1 aliphatic heterocycles. The Morgan fingerprint density at radius 3 is 2.19 bits per heavy atom.